The predicted octanol–water partition coefficient (Wildman–Crippen LogP) is 0.552. The Morgan fingerprint density at radius 3 is 2.71 bits per heavy atom. The molecule has 0 radical (unpaired) electrons. The fourth-order valence-electron chi connectivity index (χ4n) is 2.51. The molecular formula is C16H20N2O6. The molecule has 0 spiro atoms. The lowest BCUT2D eigenvalue weighted by Crippen LogP contribution is -2.55. The molecule has 0 bridgehead atoms. The minimum absolute atomic E-state index is 0.0280. The van der Waals surface area contributed by atoms with Gasteiger partial charge in [0.15, 0.2) is 6.10 Å². The van der Waals surface area contributed by atoms with Crippen LogP contribution in [-0.2, 0) is 25.7 Å². The lowest BCUT2D eigenvalue weighted by molar-refractivity contribution is -0.160. The molecule has 8 heteroatoms. The monoisotopic (exact) mass is 336 g/mol. The number of hydrogen-bond acceptors (Lipinski definition) is 6. The Bertz CT molecular complexity index is 579. The van der Waals surface area contributed by atoms with E-state index in [4.69, 9.17) is 4.74 Å². The lowest BCUT2D eigenvalue weighted by Gasteiger charge is -2.39. The van der Waals surface area contributed by atoms with Crippen LogP contribution in [0.5, 0.6) is 0 Å². The van der Waals surface area contributed by atoms with Gasteiger partial charge in [-0.2, -0.15) is 0 Å². The van der Waals surface area contributed by atoms with E-state index in [2.05, 4.69) is 4.74 Å². The maximum Gasteiger partial charge on any atom is 0.429 e. The number of esters is 1. The van der Waals surface area contributed by atoms with Crippen LogP contribution >= 0.6 is 0 Å². The van der Waals surface area contributed by atoms with Gasteiger partial charge in [0.2, 0.25) is 6.41 Å². The molecule has 2 rings (SSSR count). The van der Waals surface area contributed by atoms with Crippen molar-refractivity contribution in [3.63, 3.8) is 0 Å². The van der Waals surface area contributed by atoms with E-state index in [9.17, 15) is 19.5 Å². The second-order valence-corrected chi connectivity index (χ2v) is 5.41. The van der Waals surface area contributed by atoms with Crippen molar-refractivity contribution in [1.29, 1.82) is 0 Å². The van der Waals surface area contributed by atoms with Gasteiger partial charge in [-0.1, -0.05) is 30.3 Å². The third-order valence-electron chi connectivity index (χ3n) is 3.87. The molecule has 0 saturated carbocycles. The molecular weight excluding hydrogens is 316 g/mol. The molecule has 0 aliphatic carbocycles. The molecule has 24 heavy (non-hydrogen) atoms. The third-order valence-corrected chi connectivity index (χ3v) is 3.87. The average Bonchev–Trinajstić information content (AvgIpc) is 2.65. The summed E-state index contributed by atoms with van der Waals surface area (Å²) in [6.45, 7) is 0.280. The molecule has 1 heterocycles. The Morgan fingerprint density at radius 2 is 2.08 bits per heavy atom. The van der Waals surface area contributed by atoms with E-state index >= 15 is 0 Å². The van der Waals surface area contributed by atoms with Crippen LogP contribution in [0.25, 0.3) is 0 Å². The zero-order valence-electron chi connectivity index (χ0n) is 13.3. The summed E-state index contributed by atoms with van der Waals surface area (Å²) in [6.07, 6.45) is -1.17. The van der Waals surface area contributed by atoms with E-state index in [0.29, 0.717) is 12.8 Å². The number of hydrogen-bond donors (Lipinski definition) is 1. The van der Waals surface area contributed by atoms with Crippen molar-refractivity contribution in [3.05, 3.63) is 35.9 Å². The van der Waals surface area contributed by atoms with Gasteiger partial charge in [-0.15, -0.1) is 0 Å². The van der Waals surface area contributed by atoms with E-state index < -0.39 is 24.1 Å². The number of aliphatic hydroxyl groups excluding tert-OH is 1. The highest BCUT2D eigenvalue weighted by Crippen LogP contribution is 2.21. The number of amides is 2. The highest BCUT2D eigenvalue weighted by Gasteiger charge is 2.36. The van der Waals surface area contributed by atoms with Crippen molar-refractivity contribution in [2.24, 2.45) is 5.92 Å². The van der Waals surface area contributed by atoms with E-state index in [1.54, 1.807) is 0 Å². The predicted molar refractivity (Wildman–Crippen MR) is 82.2 cm³/mol. The molecule has 130 valence electrons. The Balaban J connectivity index is 1.92. The van der Waals surface area contributed by atoms with Crippen LogP contribution in [0.4, 0.5) is 4.79 Å². The highest BCUT2D eigenvalue weighted by atomic mass is 16.6. The van der Waals surface area contributed by atoms with E-state index in [-0.39, 0.29) is 19.7 Å². The fourth-order valence-corrected chi connectivity index (χ4v) is 2.51. The molecule has 1 saturated heterocycles. The summed E-state index contributed by atoms with van der Waals surface area (Å²) >= 11 is 0. The molecule has 1 fully saturated rings. The quantitative estimate of drug-likeness (QED) is 0.623. The van der Waals surface area contributed by atoms with E-state index in [1.807, 2.05) is 30.3 Å². The van der Waals surface area contributed by atoms with Gasteiger partial charge in [0, 0.05) is 19.0 Å². The maximum absolute atomic E-state index is 12.2. The largest absolute Gasteiger partial charge is 0.467 e. The first-order chi connectivity index (χ1) is 11.6. The Labute approximate surface area is 139 Å². The summed E-state index contributed by atoms with van der Waals surface area (Å²) in [5, 5.41) is 12.1. The van der Waals surface area contributed by atoms with Crippen LogP contribution in [0.1, 0.15) is 12.0 Å². The van der Waals surface area contributed by atoms with Gasteiger partial charge >= 0.3 is 12.1 Å². The maximum atomic E-state index is 12.2. The Hall–Kier alpha value is -2.61. The minimum Gasteiger partial charge on any atom is -0.467 e. The molecule has 2 unspecified atom stereocenters. The molecule has 1 aliphatic heterocycles. The van der Waals surface area contributed by atoms with Gasteiger partial charge in [0.05, 0.1) is 7.11 Å². The van der Waals surface area contributed by atoms with Crippen molar-refractivity contribution in [1.82, 2.24) is 10.0 Å². The number of rotatable bonds is 5. The second-order valence-electron chi connectivity index (χ2n) is 5.41. The Kier molecular flexibility index (Phi) is 6.14. The van der Waals surface area contributed by atoms with Crippen molar-refractivity contribution in [2.45, 2.75) is 19.1 Å². The summed E-state index contributed by atoms with van der Waals surface area (Å²) in [4.78, 5) is 34.8. The van der Waals surface area contributed by atoms with Gasteiger partial charge in [-0.3, -0.25) is 9.80 Å². The molecule has 0 aromatic heterocycles. The summed E-state index contributed by atoms with van der Waals surface area (Å²) in [5.41, 5.74) is 0.833. The SMILES string of the molecule is COC(=O)C(O)C1CCN(C(=O)OCc2ccccc2)N(C=O)C1. The summed E-state index contributed by atoms with van der Waals surface area (Å²) in [7, 11) is 1.18. The lowest BCUT2D eigenvalue weighted by atomic mass is 9.96. The molecule has 1 N–H and O–H groups in total. The van der Waals surface area contributed by atoms with Crippen LogP contribution in [-0.4, -0.2) is 59.9 Å². The zero-order valence-corrected chi connectivity index (χ0v) is 13.3. The number of hydrazine groups is 1. The first-order valence-electron chi connectivity index (χ1n) is 7.52. The number of ether oxygens (including phenoxy) is 2. The van der Waals surface area contributed by atoms with Crippen LogP contribution in [0, 0.1) is 5.92 Å². The molecule has 1 aromatic rings. The van der Waals surface area contributed by atoms with Crippen LogP contribution in [0.15, 0.2) is 30.3 Å². The number of aliphatic hydroxyl groups is 1. The minimum atomic E-state index is -1.33. The van der Waals surface area contributed by atoms with Gasteiger partial charge in [-0.25, -0.2) is 14.6 Å². The van der Waals surface area contributed by atoms with Crippen molar-refractivity contribution < 1.29 is 29.0 Å². The van der Waals surface area contributed by atoms with Gasteiger partial charge in [-0.05, 0) is 12.0 Å². The molecule has 2 atom stereocenters. The second kappa shape index (κ2) is 8.30. The summed E-state index contributed by atoms with van der Waals surface area (Å²) in [5.74, 6) is -1.26. The Morgan fingerprint density at radius 1 is 1.38 bits per heavy atom. The summed E-state index contributed by atoms with van der Waals surface area (Å²) < 4.78 is 9.69. The van der Waals surface area contributed by atoms with Crippen molar-refractivity contribution >= 4 is 18.5 Å². The normalized spacial score (nSPS) is 18.7. The van der Waals surface area contributed by atoms with Gasteiger partial charge in [0.1, 0.15) is 6.61 Å². The smallest absolute Gasteiger partial charge is 0.429 e. The first kappa shape index (κ1) is 17.7. The van der Waals surface area contributed by atoms with Gasteiger partial charge < -0.3 is 14.6 Å². The first-order valence-corrected chi connectivity index (χ1v) is 7.52. The third kappa shape index (κ3) is 4.23. The van der Waals surface area contributed by atoms with Crippen LogP contribution < -0.4 is 0 Å². The van der Waals surface area contributed by atoms with E-state index in [0.717, 1.165) is 15.6 Å². The summed E-state index contributed by atoms with van der Waals surface area (Å²) in [6, 6.07) is 9.17. The average molecular weight is 336 g/mol. The van der Waals surface area contributed by atoms with Crippen LogP contribution in [0.3, 0.4) is 0 Å². The van der Waals surface area contributed by atoms with Gasteiger partial charge in [0.25, 0.3) is 0 Å². The standard InChI is InChI=1S/C16H20N2O6/c1-23-15(21)14(20)13-7-8-18(17(9-13)11-19)16(22)24-10-12-5-3-2-4-6-12/h2-6,11,13-14,20H,7-10H2,1H3. The number of nitrogens with zero attached hydrogens (tertiary/aromatic N) is 2. The number of carbonyl (C=O) groups excluding carboxylic acids is 3. The number of benzene rings is 1. The van der Waals surface area contributed by atoms with Crippen molar-refractivity contribution in [2.75, 3.05) is 20.2 Å². The molecule has 1 aromatic carbocycles. The zero-order chi connectivity index (χ0) is 17.5. The molecule has 8 nitrogen and oxygen atoms in total. The molecule has 1 aliphatic rings. The topological polar surface area (TPSA) is 96.4 Å². The highest BCUT2D eigenvalue weighted by molar-refractivity contribution is 5.75. The van der Waals surface area contributed by atoms with Crippen molar-refractivity contribution in [3.8, 4) is 0 Å². The van der Waals surface area contributed by atoms with E-state index in [1.165, 1.54) is 7.11 Å². The fraction of sp³-hybridized carbons (Fsp3) is 0.438. The number of methoxy groups -OCH3 is 1. The van der Waals surface area contributed by atoms with Crippen LogP contribution in [0.2, 0.25) is 0 Å². The number of carbonyl (C=O) groups is 3. The molecule has 2 amide bonds.